The molecule has 0 bridgehead atoms. The highest BCUT2D eigenvalue weighted by Gasteiger charge is 2.32. The van der Waals surface area contributed by atoms with Crippen LogP contribution in [0.15, 0.2) is 103 Å². The molecular weight excluding hydrogens is 518 g/mol. The average molecular weight is 544 g/mol. The van der Waals surface area contributed by atoms with E-state index in [4.69, 9.17) is 4.98 Å². The van der Waals surface area contributed by atoms with E-state index < -0.39 is 0 Å². The number of ketones is 1. The second kappa shape index (κ2) is 10.3. The number of hydrogen-bond acceptors (Lipinski definition) is 5. The summed E-state index contributed by atoms with van der Waals surface area (Å²) in [6.45, 7) is 3.90. The maximum atomic E-state index is 14.1. The van der Waals surface area contributed by atoms with Crippen LogP contribution in [-0.2, 0) is 0 Å². The van der Waals surface area contributed by atoms with Crippen molar-refractivity contribution in [3.8, 4) is 22.1 Å². The highest BCUT2D eigenvalue weighted by atomic mass is 32.1. The summed E-state index contributed by atoms with van der Waals surface area (Å²) in [5.74, 6) is -0.743. The molecule has 4 aromatic carbocycles. The Morgan fingerprint density at radius 2 is 1.38 bits per heavy atom. The van der Waals surface area contributed by atoms with Crippen LogP contribution in [-0.4, -0.2) is 26.3 Å². The minimum absolute atomic E-state index is 0.0750. The molecule has 6 rings (SSSR count). The van der Waals surface area contributed by atoms with Crippen molar-refractivity contribution in [1.82, 2.24) is 9.55 Å². The molecule has 40 heavy (non-hydrogen) atoms. The standard InChI is InChI=1S/C33H25N3O3S/c1-20-12-16-22(17-13-20)29(37)27-28(32-34-25-10-6-7-11-26(25)40-32)30(35-31(38)23-18-14-21(2)15-19-23)36(33(27)39)24-8-4-3-5-9-24/h3-19,39H,1-2H3,(H,35,38). The maximum Gasteiger partial charge on any atom is 0.256 e. The highest BCUT2D eigenvalue weighted by Crippen LogP contribution is 2.45. The number of nitrogens with zero attached hydrogens (tertiary/aromatic N) is 2. The quantitative estimate of drug-likeness (QED) is 0.212. The second-order valence-corrected chi connectivity index (χ2v) is 10.6. The van der Waals surface area contributed by atoms with Crippen LogP contribution in [0.5, 0.6) is 5.88 Å². The molecule has 0 aliphatic rings. The van der Waals surface area contributed by atoms with E-state index in [-0.39, 0.29) is 29.0 Å². The van der Waals surface area contributed by atoms with Crippen LogP contribution in [0.4, 0.5) is 5.82 Å². The van der Waals surface area contributed by atoms with Gasteiger partial charge < -0.3 is 10.4 Å². The predicted molar refractivity (Wildman–Crippen MR) is 160 cm³/mol. The molecule has 0 unspecified atom stereocenters. The molecule has 0 spiro atoms. The van der Waals surface area contributed by atoms with Crippen LogP contribution in [0.2, 0.25) is 0 Å². The first-order valence-corrected chi connectivity index (χ1v) is 13.6. The zero-order chi connectivity index (χ0) is 27.8. The summed E-state index contributed by atoms with van der Waals surface area (Å²) < 4.78 is 2.43. The van der Waals surface area contributed by atoms with Gasteiger partial charge in [-0.1, -0.05) is 77.9 Å². The minimum Gasteiger partial charge on any atom is -0.494 e. The number of thiazole rings is 1. The third-order valence-corrected chi connectivity index (χ3v) is 7.81. The molecular formula is C33H25N3O3S. The second-order valence-electron chi connectivity index (χ2n) is 9.60. The summed E-state index contributed by atoms with van der Waals surface area (Å²) in [4.78, 5) is 32.4. The lowest BCUT2D eigenvalue weighted by atomic mass is 10.0. The van der Waals surface area contributed by atoms with E-state index in [1.165, 1.54) is 15.9 Å². The Bertz CT molecular complexity index is 1840. The van der Waals surface area contributed by atoms with E-state index in [0.717, 1.165) is 21.3 Å². The van der Waals surface area contributed by atoms with Crippen LogP contribution >= 0.6 is 11.3 Å². The molecule has 196 valence electrons. The van der Waals surface area contributed by atoms with Gasteiger partial charge in [-0.25, -0.2) is 4.98 Å². The van der Waals surface area contributed by atoms with Gasteiger partial charge in [0.1, 0.15) is 10.8 Å². The van der Waals surface area contributed by atoms with Gasteiger partial charge in [-0.15, -0.1) is 11.3 Å². The number of nitrogens with one attached hydrogen (secondary N) is 1. The molecule has 2 N–H and O–H groups in total. The number of aryl methyl sites for hydroxylation is 2. The number of anilines is 1. The van der Waals surface area contributed by atoms with Crippen LogP contribution in [0, 0.1) is 13.8 Å². The molecule has 7 heteroatoms. The highest BCUT2D eigenvalue weighted by molar-refractivity contribution is 7.21. The Morgan fingerprint density at radius 1 is 0.775 bits per heavy atom. The number of para-hydroxylation sites is 2. The molecule has 6 nitrogen and oxygen atoms in total. The smallest absolute Gasteiger partial charge is 0.256 e. The maximum absolute atomic E-state index is 14.1. The van der Waals surface area contributed by atoms with E-state index in [1.807, 2.05) is 92.7 Å². The number of carbonyl (C=O) groups excluding carboxylic acids is 2. The molecule has 6 aromatic rings. The van der Waals surface area contributed by atoms with Crippen LogP contribution in [0.25, 0.3) is 26.5 Å². The third kappa shape index (κ3) is 4.57. The number of aromatic hydroxyl groups is 1. The first-order chi connectivity index (χ1) is 19.4. The number of benzene rings is 4. The number of carbonyl (C=O) groups is 2. The van der Waals surface area contributed by atoms with Crippen LogP contribution in [0.1, 0.15) is 37.4 Å². The molecule has 0 saturated heterocycles. The largest absolute Gasteiger partial charge is 0.494 e. The molecule has 0 atom stereocenters. The summed E-state index contributed by atoms with van der Waals surface area (Å²) >= 11 is 1.40. The summed E-state index contributed by atoms with van der Waals surface area (Å²) in [7, 11) is 0. The molecule has 0 saturated carbocycles. The molecule has 0 fully saturated rings. The van der Waals surface area contributed by atoms with Gasteiger partial charge in [-0.3, -0.25) is 14.2 Å². The van der Waals surface area contributed by atoms with Crippen LogP contribution in [0.3, 0.4) is 0 Å². The molecule has 2 aromatic heterocycles. The number of aromatic nitrogens is 2. The summed E-state index contributed by atoms with van der Waals surface area (Å²) in [5, 5.41) is 15.3. The first-order valence-electron chi connectivity index (χ1n) is 12.8. The topological polar surface area (TPSA) is 84.2 Å². The molecule has 0 radical (unpaired) electrons. The van der Waals surface area contributed by atoms with E-state index >= 15 is 0 Å². The SMILES string of the molecule is Cc1ccc(C(=O)Nc2c(-c3nc4ccccc4s3)c(C(=O)c3ccc(C)cc3)c(O)n2-c2ccccc2)cc1. The number of amides is 1. The Hall–Kier alpha value is -5.01. The van der Waals surface area contributed by atoms with Crippen molar-refractivity contribution in [3.63, 3.8) is 0 Å². The molecule has 1 amide bonds. The number of hydrogen-bond donors (Lipinski definition) is 2. The summed E-state index contributed by atoms with van der Waals surface area (Å²) in [5.41, 5.74) is 4.71. The monoisotopic (exact) mass is 543 g/mol. The van der Waals surface area contributed by atoms with Crippen molar-refractivity contribution in [2.45, 2.75) is 13.8 Å². The lowest BCUT2D eigenvalue weighted by Crippen LogP contribution is -2.15. The lowest BCUT2D eigenvalue weighted by Gasteiger charge is -2.13. The van der Waals surface area contributed by atoms with Gasteiger partial charge >= 0.3 is 0 Å². The first kappa shape index (κ1) is 25.3. The van der Waals surface area contributed by atoms with E-state index in [1.54, 1.807) is 24.3 Å². The zero-order valence-electron chi connectivity index (χ0n) is 21.9. The summed E-state index contributed by atoms with van der Waals surface area (Å²) in [6, 6.07) is 31.2. The Kier molecular flexibility index (Phi) is 6.50. The minimum atomic E-state index is -0.369. The predicted octanol–water partition coefficient (Wildman–Crippen LogP) is 7.56. The van der Waals surface area contributed by atoms with Crippen molar-refractivity contribution in [2.24, 2.45) is 0 Å². The van der Waals surface area contributed by atoms with E-state index in [0.29, 0.717) is 27.4 Å². The van der Waals surface area contributed by atoms with Gasteiger partial charge in [0.25, 0.3) is 5.91 Å². The Balaban J connectivity index is 1.63. The van der Waals surface area contributed by atoms with Crippen molar-refractivity contribution >= 4 is 39.1 Å². The zero-order valence-corrected chi connectivity index (χ0v) is 22.7. The molecule has 0 aliphatic carbocycles. The van der Waals surface area contributed by atoms with Gasteiger partial charge in [-0.05, 0) is 50.2 Å². The molecule has 2 heterocycles. The van der Waals surface area contributed by atoms with E-state index in [2.05, 4.69) is 5.32 Å². The summed E-state index contributed by atoms with van der Waals surface area (Å²) in [6.07, 6.45) is 0. The van der Waals surface area contributed by atoms with Gasteiger partial charge in [0, 0.05) is 11.1 Å². The fourth-order valence-electron chi connectivity index (χ4n) is 4.64. The van der Waals surface area contributed by atoms with Gasteiger partial charge in [0.05, 0.1) is 27.0 Å². The number of fused-ring (bicyclic) bond motifs is 1. The van der Waals surface area contributed by atoms with Gasteiger partial charge in [0.15, 0.2) is 5.78 Å². The van der Waals surface area contributed by atoms with Gasteiger partial charge in [-0.2, -0.15) is 0 Å². The fourth-order valence-corrected chi connectivity index (χ4v) is 5.66. The van der Waals surface area contributed by atoms with E-state index in [9.17, 15) is 14.7 Å². The number of rotatable bonds is 6. The van der Waals surface area contributed by atoms with Crippen molar-refractivity contribution in [1.29, 1.82) is 0 Å². The van der Waals surface area contributed by atoms with Crippen LogP contribution < -0.4 is 5.32 Å². The molecule has 0 aliphatic heterocycles. The fraction of sp³-hybridized carbons (Fsp3) is 0.0606. The lowest BCUT2D eigenvalue weighted by molar-refractivity contribution is 0.102. The third-order valence-electron chi connectivity index (χ3n) is 6.75. The Morgan fingerprint density at radius 3 is 2.02 bits per heavy atom. The Labute approximate surface area is 235 Å². The van der Waals surface area contributed by atoms with Gasteiger partial charge in [0.2, 0.25) is 5.88 Å². The average Bonchev–Trinajstić information content (AvgIpc) is 3.52. The van der Waals surface area contributed by atoms with Crippen molar-refractivity contribution in [3.05, 3.63) is 131 Å². The van der Waals surface area contributed by atoms with Crippen molar-refractivity contribution in [2.75, 3.05) is 5.32 Å². The normalized spacial score (nSPS) is 11.1. The van der Waals surface area contributed by atoms with Crippen molar-refractivity contribution < 1.29 is 14.7 Å².